The van der Waals surface area contributed by atoms with Gasteiger partial charge in [0.05, 0.1) is 10.5 Å². The van der Waals surface area contributed by atoms with Gasteiger partial charge in [-0.1, -0.05) is 41.9 Å². The minimum Gasteiger partial charge on any atom is -0.294 e. The van der Waals surface area contributed by atoms with Crippen LogP contribution in [0, 0.1) is 17.0 Å². The first-order valence-electron chi connectivity index (χ1n) is 6.01. The molecule has 102 valence electrons. The molecule has 0 bridgehead atoms. The van der Waals surface area contributed by atoms with Crippen molar-refractivity contribution >= 4 is 23.1 Å². The van der Waals surface area contributed by atoms with Crippen molar-refractivity contribution in [2.75, 3.05) is 0 Å². The quantitative estimate of drug-likeness (QED) is 0.486. The highest BCUT2D eigenvalue weighted by Gasteiger charge is 2.22. The van der Waals surface area contributed by atoms with Gasteiger partial charge < -0.3 is 0 Å². The molecule has 0 heterocycles. The van der Waals surface area contributed by atoms with Crippen LogP contribution in [0.1, 0.15) is 21.5 Å². The molecule has 2 aromatic rings. The second-order valence-corrected chi connectivity index (χ2v) is 4.82. The Morgan fingerprint density at radius 3 is 2.55 bits per heavy atom. The van der Waals surface area contributed by atoms with Crippen LogP contribution in [0.25, 0.3) is 0 Å². The predicted octanol–water partition coefficient (Wildman–Crippen LogP) is 3.98. The third kappa shape index (κ3) is 2.86. The minimum atomic E-state index is -0.535. The number of hydrogen-bond acceptors (Lipinski definition) is 3. The van der Waals surface area contributed by atoms with Gasteiger partial charge in [-0.2, -0.15) is 0 Å². The van der Waals surface area contributed by atoms with Gasteiger partial charge in [-0.25, -0.2) is 0 Å². The van der Waals surface area contributed by atoms with Crippen LogP contribution < -0.4 is 0 Å². The van der Waals surface area contributed by atoms with Crippen molar-refractivity contribution in [3.8, 4) is 0 Å². The number of benzene rings is 2. The summed E-state index contributed by atoms with van der Waals surface area (Å²) in [5.74, 6) is -0.303. The SMILES string of the molecule is Cc1cccc([N+](=O)[O-])c1C(=O)Cc1ccccc1Cl. The number of carbonyl (C=O) groups is 1. The molecule has 0 aliphatic carbocycles. The first-order chi connectivity index (χ1) is 9.50. The first-order valence-corrected chi connectivity index (χ1v) is 6.39. The summed E-state index contributed by atoms with van der Waals surface area (Å²) in [6, 6.07) is 11.6. The van der Waals surface area contributed by atoms with Crippen molar-refractivity contribution in [1.29, 1.82) is 0 Å². The molecule has 0 unspecified atom stereocenters. The van der Waals surface area contributed by atoms with E-state index in [1.54, 1.807) is 43.3 Å². The zero-order chi connectivity index (χ0) is 14.7. The summed E-state index contributed by atoms with van der Waals surface area (Å²) in [6.45, 7) is 1.69. The Hall–Kier alpha value is -2.20. The fourth-order valence-corrected chi connectivity index (χ4v) is 2.27. The zero-order valence-electron chi connectivity index (χ0n) is 10.8. The third-order valence-corrected chi connectivity index (χ3v) is 3.40. The van der Waals surface area contributed by atoms with Crippen molar-refractivity contribution in [2.45, 2.75) is 13.3 Å². The van der Waals surface area contributed by atoms with Crippen molar-refractivity contribution < 1.29 is 9.72 Å². The van der Waals surface area contributed by atoms with Gasteiger partial charge in [0.15, 0.2) is 5.78 Å². The van der Waals surface area contributed by atoms with Crippen molar-refractivity contribution in [2.24, 2.45) is 0 Å². The highest BCUT2D eigenvalue weighted by molar-refractivity contribution is 6.31. The Labute approximate surface area is 121 Å². The van der Waals surface area contributed by atoms with Gasteiger partial charge >= 0.3 is 0 Å². The number of nitro benzene ring substituents is 1. The predicted molar refractivity (Wildman–Crippen MR) is 77.3 cm³/mol. The van der Waals surface area contributed by atoms with Gasteiger partial charge in [0.1, 0.15) is 0 Å². The van der Waals surface area contributed by atoms with E-state index in [4.69, 9.17) is 11.6 Å². The van der Waals surface area contributed by atoms with Crippen LogP contribution in [-0.4, -0.2) is 10.7 Å². The van der Waals surface area contributed by atoms with E-state index in [0.717, 1.165) is 0 Å². The molecule has 20 heavy (non-hydrogen) atoms. The molecule has 0 aliphatic heterocycles. The summed E-state index contributed by atoms with van der Waals surface area (Å²) in [5, 5.41) is 11.5. The number of carbonyl (C=O) groups excluding carboxylic acids is 1. The zero-order valence-corrected chi connectivity index (χ0v) is 11.6. The smallest absolute Gasteiger partial charge is 0.280 e. The monoisotopic (exact) mass is 289 g/mol. The number of halogens is 1. The van der Waals surface area contributed by atoms with Crippen LogP contribution in [0.3, 0.4) is 0 Å². The van der Waals surface area contributed by atoms with Crippen LogP contribution >= 0.6 is 11.6 Å². The summed E-state index contributed by atoms with van der Waals surface area (Å²) < 4.78 is 0. The number of rotatable bonds is 4. The van der Waals surface area contributed by atoms with E-state index in [2.05, 4.69) is 0 Å². The van der Waals surface area contributed by atoms with Gasteiger partial charge in [-0.15, -0.1) is 0 Å². The standard InChI is InChI=1S/C15H12ClNO3/c1-10-5-4-8-13(17(19)20)15(10)14(18)9-11-6-2-3-7-12(11)16/h2-8H,9H2,1H3. The van der Waals surface area contributed by atoms with E-state index in [0.29, 0.717) is 16.1 Å². The summed E-state index contributed by atoms with van der Waals surface area (Å²) in [7, 11) is 0. The summed E-state index contributed by atoms with van der Waals surface area (Å²) in [5.41, 5.74) is 1.24. The lowest BCUT2D eigenvalue weighted by Crippen LogP contribution is -2.09. The number of Topliss-reactive ketones (excluding diaryl/α,β-unsaturated/α-hetero) is 1. The van der Waals surface area contributed by atoms with E-state index in [1.807, 2.05) is 0 Å². The van der Waals surface area contributed by atoms with E-state index < -0.39 is 4.92 Å². The second kappa shape index (κ2) is 5.84. The van der Waals surface area contributed by atoms with Crippen molar-refractivity contribution in [3.63, 3.8) is 0 Å². The average molecular weight is 290 g/mol. The largest absolute Gasteiger partial charge is 0.294 e. The Morgan fingerprint density at radius 2 is 1.90 bits per heavy atom. The molecule has 2 aromatic carbocycles. The van der Waals surface area contributed by atoms with Crippen LogP contribution in [0.15, 0.2) is 42.5 Å². The Morgan fingerprint density at radius 1 is 1.20 bits per heavy atom. The molecule has 0 saturated heterocycles. The van der Waals surface area contributed by atoms with Gasteiger partial charge in [0, 0.05) is 17.5 Å². The number of nitro groups is 1. The maximum Gasteiger partial charge on any atom is 0.280 e. The molecule has 5 heteroatoms. The van der Waals surface area contributed by atoms with Gasteiger partial charge in [0.25, 0.3) is 5.69 Å². The summed E-state index contributed by atoms with van der Waals surface area (Å²) in [6.07, 6.45) is 0.0470. The lowest BCUT2D eigenvalue weighted by molar-refractivity contribution is -0.385. The van der Waals surface area contributed by atoms with E-state index in [1.165, 1.54) is 6.07 Å². The fraction of sp³-hybridized carbons (Fsp3) is 0.133. The maximum absolute atomic E-state index is 12.3. The average Bonchev–Trinajstić information content (AvgIpc) is 2.40. The van der Waals surface area contributed by atoms with Crippen molar-refractivity contribution in [3.05, 3.63) is 74.3 Å². The summed E-state index contributed by atoms with van der Waals surface area (Å²) in [4.78, 5) is 22.8. The van der Waals surface area contributed by atoms with Crippen LogP contribution in [-0.2, 0) is 6.42 Å². The number of hydrogen-bond donors (Lipinski definition) is 0. The van der Waals surface area contributed by atoms with Gasteiger partial charge in [-0.3, -0.25) is 14.9 Å². The highest BCUT2D eigenvalue weighted by atomic mass is 35.5. The second-order valence-electron chi connectivity index (χ2n) is 4.42. The number of nitrogens with zero attached hydrogens (tertiary/aromatic N) is 1. The maximum atomic E-state index is 12.3. The normalized spacial score (nSPS) is 10.3. The van der Waals surface area contributed by atoms with E-state index >= 15 is 0 Å². The molecule has 0 N–H and O–H groups in total. The third-order valence-electron chi connectivity index (χ3n) is 3.04. The highest BCUT2D eigenvalue weighted by Crippen LogP contribution is 2.25. The van der Waals surface area contributed by atoms with Crippen LogP contribution in [0.2, 0.25) is 5.02 Å². The van der Waals surface area contributed by atoms with Gasteiger partial charge in [-0.05, 0) is 24.1 Å². The lowest BCUT2D eigenvalue weighted by Gasteiger charge is -2.07. The molecular formula is C15H12ClNO3. The topological polar surface area (TPSA) is 60.2 Å². The molecule has 2 rings (SSSR count). The molecule has 0 aliphatic rings. The number of ketones is 1. The first kappa shape index (κ1) is 14.2. The molecule has 0 atom stereocenters. The van der Waals surface area contributed by atoms with Crippen LogP contribution in [0.5, 0.6) is 0 Å². The van der Waals surface area contributed by atoms with Gasteiger partial charge in [0.2, 0.25) is 0 Å². The molecule has 0 radical (unpaired) electrons. The Kier molecular flexibility index (Phi) is 4.15. The molecule has 0 amide bonds. The summed E-state index contributed by atoms with van der Waals surface area (Å²) >= 11 is 6.01. The molecule has 0 spiro atoms. The van der Waals surface area contributed by atoms with E-state index in [9.17, 15) is 14.9 Å². The molecule has 0 aromatic heterocycles. The van der Waals surface area contributed by atoms with Crippen LogP contribution in [0.4, 0.5) is 5.69 Å². The number of aryl methyl sites for hydroxylation is 1. The van der Waals surface area contributed by atoms with E-state index in [-0.39, 0.29) is 23.5 Å². The fourth-order valence-electron chi connectivity index (χ4n) is 2.07. The Balaban J connectivity index is 2.40. The lowest BCUT2D eigenvalue weighted by atomic mass is 9.97. The molecule has 0 fully saturated rings. The minimum absolute atomic E-state index is 0.0470. The molecular weight excluding hydrogens is 278 g/mol. The Bertz CT molecular complexity index is 683. The molecule has 0 saturated carbocycles. The molecule has 4 nitrogen and oxygen atoms in total. The van der Waals surface area contributed by atoms with Crippen molar-refractivity contribution in [1.82, 2.24) is 0 Å².